The zero-order valence-electron chi connectivity index (χ0n) is 11.7. The average Bonchev–Trinajstić information content (AvgIpc) is 2.48. The number of nitrogens with one attached hydrogen (secondary N) is 1. The summed E-state index contributed by atoms with van der Waals surface area (Å²) in [6, 6.07) is 4.69. The number of halogens is 2. The van der Waals surface area contributed by atoms with Gasteiger partial charge in [0, 0.05) is 24.7 Å². The Balaban J connectivity index is 2.18. The van der Waals surface area contributed by atoms with Crippen LogP contribution in [0.15, 0.2) is 22.7 Å². The van der Waals surface area contributed by atoms with Gasteiger partial charge in [0.05, 0.1) is 4.47 Å². The zero-order valence-corrected chi connectivity index (χ0v) is 13.2. The van der Waals surface area contributed by atoms with Crippen molar-refractivity contribution in [2.45, 2.75) is 32.2 Å². The van der Waals surface area contributed by atoms with Crippen LogP contribution in [0.25, 0.3) is 0 Å². The topological polar surface area (TPSA) is 32.3 Å². The molecule has 0 radical (unpaired) electrons. The van der Waals surface area contributed by atoms with Crippen LogP contribution in [-0.4, -0.2) is 36.5 Å². The van der Waals surface area contributed by atoms with E-state index < -0.39 is 0 Å². The number of rotatable bonds is 4. The van der Waals surface area contributed by atoms with Gasteiger partial charge in [-0.3, -0.25) is 4.79 Å². The van der Waals surface area contributed by atoms with Gasteiger partial charge in [-0.2, -0.15) is 0 Å². The van der Waals surface area contributed by atoms with Crippen molar-refractivity contribution in [3.63, 3.8) is 0 Å². The van der Waals surface area contributed by atoms with Crippen molar-refractivity contribution in [2.24, 2.45) is 0 Å². The lowest BCUT2D eigenvalue weighted by Crippen LogP contribution is -2.49. The summed E-state index contributed by atoms with van der Waals surface area (Å²) in [5, 5.41) is 3.34. The van der Waals surface area contributed by atoms with Crippen molar-refractivity contribution in [1.82, 2.24) is 10.2 Å². The molecule has 0 spiro atoms. The zero-order chi connectivity index (χ0) is 14.5. The molecule has 1 heterocycles. The van der Waals surface area contributed by atoms with E-state index in [0.717, 1.165) is 38.9 Å². The minimum atomic E-state index is -0.345. The molecule has 20 heavy (non-hydrogen) atoms. The van der Waals surface area contributed by atoms with Gasteiger partial charge in [0.1, 0.15) is 5.82 Å². The number of hydrogen-bond donors (Lipinski definition) is 1. The number of hydrogen-bond acceptors (Lipinski definition) is 2. The second-order valence-electron chi connectivity index (χ2n) is 5.13. The molecule has 5 heteroatoms. The molecule has 2 rings (SSSR count). The van der Waals surface area contributed by atoms with Crippen LogP contribution >= 0.6 is 15.9 Å². The molecule has 1 aromatic carbocycles. The first-order valence-corrected chi connectivity index (χ1v) is 7.89. The molecule has 1 aromatic rings. The monoisotopic (exact) mass is 342 g/mol. The molecule has 1 N–H and O–H groups in total. The lowest BCUT2D eigenvalue weighted by atomic mass is 10.0. The third-order valence-corrected chi connectivity index (χ3v) is 4.21. The van der Waals surface area contributed by atoms with E-state index in [1.807, 2.05) is 4.90 Å². The lowest BCUT2D eigenvalue weighted by molar-refractivity contribution is 0.0649. The second kappa shape index (κ2) is 7.18. The molecule has 1 aliphatic rings. The molecule has 0 saturated carbocycles. The standard InChI is InChI=1S/C15H20BrFN2O/c1-2-8-19(12-4-3-7-18-10-12)15(20)11-5-6-14(17)13(16)9-11/h5-6,9,12,18H,2-4,7-8,10H2,1H3. The fourth-order valence-electron chi connectivity index (χ4n) is 2.59. The van der Waals surface area contributed by atoms with E-state index in [1.54, 1.807) is 12.1 Å². The number of amides is 1. The lowest BCUT2D eigenvalue weighted by Gasteiger charge is -2.34. The Morgan fingerprint density at radius 1 is 1.55 bits per heavy atom. The van der Waals surface area contributed by atoms with Gasteiger partial charge in [0.15, 0.2) is 0 Å². The molecule has 1 aliphatic heterocycles. The number of carbonyl (C=O) groups excluding carboxylic acids is 1. The summed E-state index contributed by atoms with van der Waals surface area (Å²) >= 11 is 3.14. The Kier molecular flexibility index (Phi) is 5.54. The minimum Gasteiger partial charge on any atom is -0.334 e. The molecule has 1 saturated heterocycles. The largest absolute Gasteiger partial charge is 0.334 e. The maximum atomic E-state index is 13.3. The van der Waals surface area contributed by atoms with Crippen LogP contribution in [0.3, 0.4) is 0 Å². The quantitative estimate of drug-likeness (QED) is 0.911. The fraction of sp³-hybridized carbons (Fsp3) is 0.533. The Hall–Kier alpha value is -0.940. The van der Waals surface area contributed by atoms with Gasteiger partial charge < -0.3 is 10.2 Å². The summed E-state index contributed by atoms with van der Waals surface area (Å²) in [4.78, 5) is 14.6. The van der Waals surface area contributed by atoms with Crippen LogP contribution in [0.4, 0.5) is 4.39 Å². The van der Waals surface area contributed by atoms with Crippen molar-refractivity contribution in [3.8, 4) is 0 Å². The molecule has 3 nitrogen and oxygen atoms in total. The van der Waals surface area contributed by atoms with Gasteiger partial charge in [-0.1, -0.05) is 6.92 Å². The SMILES string of the molecule is CCCN(C(=O)c1ccc(F)c(Br)c1)C1CCCNC1. The summed E-state index contributed by atoms with van der Waals surface area (Å²) in [6.07, 6.45) is 3.04. The van der Waals surface area contributed by atoms with Gasteiger partial charge in [-0.05, 0) is 59.9 Å². The number of carbonyl (C=O) groups is 1. The van der Waals surface area contributed by atoms with Gasteiger partial charge in [-0.15, -0.1) is 0 Å². The Morgan fingerprint density at radius 3 is 2.95 bits per heavy atom. The number of benzene rings is 1. The first kappa shape index (κ1) is 15.4. The predicted octanol–water partition coefficient (Wildman–Crippen LogP) is 3.19. The van der Waals surface area contributed by atoms with Crippen LogP contribution in [-0.2, 0) is 0 Å². The van der Waals surface area contributed by atoms with E-state index in [4.69, 9.17) is 0 Å². The molecule has 0 aromatic heterocycles. The maximum Gasteiger partial charge on any atom is 0.254 e. The molecular weight excluding hydrogens is 323 g/mol. The van der Waals surface area contributed by atoms with E-state index in [2.05, 4.69) is 28.2 Å². The van der Waals surface area contributed by atoms with Crippen molar-refractivity contribution in [3.05, 3.63) is 34.1 Å². The first-order chi connectivity index (χ1) is 9.63. The summed E-state index contributed by atoms with van der Waals surface area (Å²) < 4.78 is 13.6. The van der Waals surface area contributed by atoms with Crippen molar-refractivity contribution < 1.29 is 9.18 Å². The molecule has 110 valence electrons. The van der Waals surface area contributed by atoms with Crippen LogP contribution in [0, 0.1) is 5.82 Å². The minimum absolute atomic E-state index is 0.0127. The highest BCUT2D eigenvalue weighted by Gasteiger charge is 2.25. The molecular formula is C15H20BrFN2O. The highest BCUT2D eigenvalue weighted by Crippen LogP contribution is 2.20. The van der Waals surface area contributed by atoms with E-state index in [1.165, 1.54) is 6.07 Å². The summed E-state index contributed by atoms with van der Waals surface area (Å²) in [6.45, 7) is 4.66. The Labute approximate surface area is 127 Å². The van der Waals surface area contributed by atoms with Crippen LogP contribution in [0.5, 0.6) is 0 Å². The van der Waals surface area contributed by atoms with Gasteiger partial charge >= 0.3 is 0 Å². The smallest absolute Gasteiger partial charge is 0.254 e. The van der Waals surface area contributed by atoms with Crippen molar-refractivity contribution in [2.75, 3.05) is 19.6 Å². The van der Waals surface area contributed by atoms with E-state index in [0.29, 0.717) is 10.0 Å². The molecule has 1 amide bonds. The molecule has 1 unspecified atom stereocenters. The van der Waals surface area contributed by atoms with E-state index >= 15 is 0 Å². The van der Waals surface area contributed by atoms with Crippen LogP contribution in [0.1, 0.15) is 36.5 Å². The normalized spacial score (nSPS) is 18.9. The van der Waals surface area contributed by atoms with E-state index in [9.17, 15) is 9.18 Å². The second-order valence-corrected chi connectivity index (χ2v) is 5.98. The van der Waals surface area contributed by atoms with Gasteiger partial charge in [-0.25, -0.2) is 4.39 Å². The molecule has 1 atom stereocenters. The van der Waals surface area contributed by atoms with E-state index in [-0.39, 0.29) is 17.8 Å². The van der Waals surface area contributed by atoms with Crippen molar-refractivity contribution >= 4 is 21.8 Å². The highest BCUT2D eigenvalue weighted by atomic mass is 79.9. The average molecular weight is 343 g/mol. The fourth-order valence-corrected chi connectivity index (χ4v) is 2.96. The Bertz CT molecular complexity index is 475. The molecule has 0 bridgehead atoms. The van der Waals surface area contributed by atoms with Gasteiger partial charge in [0.25, 0.3) is 5.91 Å². The third-order valence-electron chi connectivity index (χ3n) is 3.60. The first-order valence-electron chi connectivity index (χ1n) is 7.10. The van der Waals surface area contributed by atoms with Crippen LogP contribution < -0.4 is 5.32 Å². The van der Waals surface area contributed by atoms with Crippen LogP contribution in [0.2, 0.25) is 0 Å². The van der Waals surface area contributed by atoms with Gasteiger partial charge in [0.2, 0.25) is 0 Å². The summed E-state index contributed by atoms with van der Waals surface area (Å²) in [7, 11) is 0. The summed E-state index contributed by atoms with van der Waals surface area (Å²) in [5.74, 6) is -0.357. The summed E-state index contributed by atoms with van der Waals surface area (Å²) in [5.41, 5.74) is 0.539. The number of piperidine rings is 1. The highest BCUT2D eigenvalue weighted by molar-refractivity contribution is 9.10. The Morgan fingerprint density at radius 2 is 2.35 bits per heavy atom. The third kappa shape index (κ3) is 3.58. The molecule has 0 aliphatic carbocycles. The predicted molar refractivity (Wildman–Crippen MR) is 81.3 cm³/mol. The maximum absolute atomic E-state index is 13.3. The molecule has 1 fully saturated rings. The number of nitrogens with zero attached hydrogens (tertiary/aromatic N) is 1. The van der Waals surface area contributed by atoms with Crippen molar-refractivity contribution in [1.29, 1.82) is 0 Å².